The molecule has 0 N–H and O–H groups in total. The van der Waals surface area contributed by atoms with Gasteiger partial charge in [-0.1, -0.05) is 0 Å². The molecule has 0 saturated heterocycles. The zero-order valence-electron chi connectivity index (χ0n) is 8.78. The van der Waals surface area contributed by atoms with Crippen molar-refractivity contribution < 1.29 is 9.53 Å². The molecule has 0 bridgehead atoms. The largest absolute Gasteiger partial charge is 0.452 e. The van der Waals surface area contributed by atoms with Crippen molar-refractivity contribution in [2.24, 2.45) is 0 Å². The van der Waals surface area contributed by atoms with Crippen molar-refractivity contribution in [1.29, 1.82) is 0 Å². The molecule has 0 aliphatic carbocycles. The molecule has 1 radical (unpaired) electrons. The lowest BCUT2D eigenvalue weighted by atomic mass is 10.2. The number of hydrogen-bond donors (Lipinski definition) is 0. The first-order valence-corrected chi connectivity index (χ1v) is 4.44. The van der Waals surface area contributed by atoms with Crippen LogP contribution in [0.1, 0.15) is 5.56 Å². The summed E-state index contributed by atoms with van der Waals surface area (Å²) in [5.74, 6) is 0. The Morgan fingerprint density at radius 3 is 2.21 bits per heavy atom. The fourth-order valence-corrected chi connectivity index (χ4v) is 1.15. The SMILES string of the molecule is C[N+](C)(C)c1ccc(CO[C]=O)cc1. The van der Waals surface area contributed by atoms with Crippen LogP contribution in [0.2, 0.25) is 0 Å². The lowest BCUT2D eigenvalue weighted by Crippen LogP contribution is -2.34. The summed E-state index contributed by atoms with van der Waals surface area (Å²) in [4.78, 5) is 9.85. The summed E-state index contributed by atoms with van der Waals surface area (Å²) in [5, 5.41) is 0. The third kappa shape index (κ3) is 2.85. The first kappa shape index (κ1) is 10.7. The lowest BCUT2D eigenvalue weighted by molar-refractivity contribution is 0.267. The van der Waals surface area contributed by atoms with Gasteiger partial charge in [-0.15, -0.1) is 0 Å². The molecule has 0 amide bonds. The summed E-state index contributed by atoms with van der Waals surface area (Å²) in [6.45, 7) is 1.70. The Hall–Kier alpha value is -1.35. The highest BCUT2D eigenvalue weighted by Gasteiger charge is 2.10. The second kappa shape index (κ2) is 4.24. The Balaban J connectivity index is 2.73. The van der Waals surface area contributed by atoms with Crippen LogP contribution in [0, 0.1) is 0 Å². The molecule has 14 heavy (non-hydrogen) atoms. The first-order valence-electron chi connectivity index (χ1n) is 4.44. The van der Waals surface area contributed by atoms with Gasteiger partial charge < -0.3 is 4.74 Å². The summed E-state index contributed by atoms with van der Waals surface area (Å²) in [7, 11) is 6.31. The molecule has 0 saturated carbocycles. The Bertz CT molecular complexity index is 298. The van der Waals surface area contributed by atoms with E-state index in [0.29, 0.717) is 6.61 Å². The molecule has 0 unspecified atom stereocenters. The van der Waals surface area contributed by atoms with Gasteiger partial charge >= 0.3 is 6.47 Å². The van der Waals surface area contributed by atoms with E-state index in [1.165, 1.54) is 12.2 Å². The Labute approximate surface area is 84.5 Å². The van der Waals surface area contributed by atoms with E-state index in [1.54, 1.807) is 0 Å². The maximum absolute atomic E-state index is 9.85. The highest BCUT2D eigenvalue weighted by atomic mass is 16.5. The first-order chi connectivity index (χ1) is 6.54. The normalized spacial score (nSPS) is 11.1. The maximum atomic E-state index is 9.85. The number of benzene rings is 1. The van der Waals surface area contributed by atoms with E-state index < -0.39 is 0 Å². The van der Waals surface area contributed by atoms with Crippen LogP contribution in [-0.2, 0) is 16.1 Å². The number of carbonyl (C=O) groups excluding carboxylic acids is 1. The number of ether oxygens (including phenoxy) is 1. The summed E-state index contributed by atoms with van der Waals surface area (Å²) in [5.41, 5.74) is 2.19. The zero-order valence-corrected chi connectivity index (χ0v) is 8.78. The van der Waals surface area contributed by atoms with Gasteiger partial charge in [0, 0.05) is 0 Å². The van der Waals surface area contributed by atoms with Gasteiger partial charge in [0.2, 0.25) is 0 Å². The van der Waals surface area contributed by atoms with E-state index in [1.807, 2.05) is 24.3 Å². The van der Waals surface area contributed by atoms with Crippen molar-refractivity contribution >= 4 is 12.2 Å². The standard InChI is InChI=1S/C11H15NO2/c1-12(2,3)11-6-4-10(5-7-11)8-14-9-13/h4-7H,8H2,1-3H3/q+1. The highest BCUT2D eigenvalue weighted by molar-refractivity contribution is 5.43. The van der Waals surface area contributed by atoms with Gasteiger partial charge in [0.25, 0.3) is 0 Å². The van der Waals surface area contributed by atoms with Crippen molar-refractivity contribution in [1.82, 2.24) is 4.48 Å². The minimum atomic E-state index is 0.293. The molecule has 0 heterocycles. The minimum Gasteiger partial charge on any atom is -0.452 e. The molecule has 0 spiro atoms. The van der Waals surface area contributed by atoms with Crippen molar-refractivity contribution in [3.63, 3.8) is 0 Å². The van der Waals surface area contributed by atoms with Gasteiger partial charge in [-0.25, -0.2) is 4.79 Å². The van der Waals surface area contributed by atoms with E-state index in [4.69, 9.17) is 0 Å². The van der Waals surface area contributed by atoms with Crippen molar-refractivity contribution in [2.45, 2.75) is 6.61 Å². The Morgan fingerprint density at radius 1 is 1.21 bits per heavy atom. The quantitative estimate of drug-likeness (QED) is 0.677. The van der Waals surface area contributed by atoms with Gasteiger partial charge in [-0.2, -0.15) is 0 Å². The molecular weight excluding hydrogens is 178 g/mol. The summed E-state index contributed by atoms with van der Waals surface area (Å²) in [6, 6.07) is 7.97. The Kier molecular flexibility index (Phi) is 3.25. The topological polar surface area (TPSA) is 26.3 Å². The predicted molar refractivity (Wildman–Crippen MR) is 56.5 cm³/mol. The zero-order chi connectivity index (χ0) is 10.6. The average molecular weight is 193 g/mol. The van der Waals surface area contributed by atoms with Gasteiger partial charge in [-0.3, -0.25) is 4.48 Å². The third-order valence-corrected chi connectivity index (χ3v) is 2.01. The fraction of sp³-hybridized carbons (Fsp3) is 0.364. The summed E-state index contributed by atoms with van der Waals surface area (Å²) >= 11 is 0. The van der Waals surface area contributed by atoms with Gasteiger partial charge in [-0.05, 0) is 29.8 Å². The van der Waals surface area contributed by atoms with E-state index in [2.05, 4.69) is 25.9 Å². The van der Waals surface area contributed by atoms with Crippen LogP contribution in [0.25, 0.3) is 0 Å². The number of hydrogen-bond acceptors (Lipinski definition) is 2. The van der Waals surface area contributed by atoms with Crippen molar-refractivity contribution in [3.05, 3.63) is 29.8 Å². The Morgan fingerprint density at radius 2 is 1.79 bits per heavy atom. The molecule has 3 heteroatoms. The second-order valence-corrected chi connectivity index (χ2v) is 4.05. The van der Waals surface area contributed by atoms with Crippen LogP contribution in [-0.4, -0.2) is 27.6 Å². The second-order valence-electron chi connectivity index (χ2n) is 4.05. The molecule has 1 aromatic carbocycles. The molecule has 0 aliphatic rings. The van der Waals surface area contributed by atoms with E-state index >= 15 is 0 Å². The molecular formula is C11H15NO2+. The molecule has 0 fully saturated rings. The molecule has 0 aliphatic heterocycles. The van der Waals surface area contributed by atoms with Crippen LogP contribution in [0.15, 0.2) is 24.3 Å². The van der Waals surface area contributed by atoms with Crippen LogP contribution in [0.4, 0.5) is 5.69 Å². The third-order valence-electron chi connectivity index (χ3n) is 2.01. The van der Waals surface area contributed by atoms with Crippen LogP contribution >= 0.6 is 0 Å². The molecule has 0 atom stereocenters. The van der Waals surface area contributed by atoms with Crippen molar-refractivity contribution in [2.75, 3.05) is 21.1 Å². The average Bonchev–Trinajstić information content (AvgIpc) is 2.14. The smallest absolute Gasteiger partial charge is 0.417 e. The number of nitrogens with zero attached hydrogens (tertiary/aromatic N) is 1. The molecule has 1 rings (SSSR count). The van der Waals surface area contributed by atoms with Gasteiger partial charge in [0.05, 0.1) is 21.1 Å². The van der Waals surface area contributed by atoms with Gasteiger partial charge in [0.1, 0.15) is 12.3 Å². The summed E-state index contributed by atoms with van der Waals surface area (Å²) in [6.07, 6.45) is 0. The monoisotopic (exact) mass is 193 g/mol. The summed E-state index contributed by atoms with van der Waals surface area (Å²) < 4.78 is 5.31. The predicted octanol–water partition coefficient (Wildman–Crippen LogP) is 1.47. The highest BCUT2D eigenvalue weighted by Crippen LogP contribution is 2.17. The van der Waals surface area contributed by atoms with Crippen LogP contribution in [0.3, 0.4) is 0 Å². The minimum absolute atomic E-state index is 0.293. The lowest BCUT2D eigenvalue weighted by Gasteiger charge is -2.23. The molecule has 1 aromatic rings. The molecule has 3 nitrogen and oxygen atoms in total. The van der Waals surface area contributed by atoms with Crippen LogP contribution < -0.4 is 4.48 Å². The fourth-order valence-electron chi connectivity index (χ4n) is 1.15. The number of quaternary nitrogens is 1. The van der Waals surface area contributed by atoms with Gasteiger partial charge in [0.15, 0.2) is 0 Å². The molecule has 0 aromatic heterocycles. The van der Waals surface area contributed by atoms with E-state index in [0.717, 1.165) is 10.0 Å². The maximum Gasteiger partial charge on any atom is 0.417 e. The van der Waals surface area contributed by atoms with E-state index in [-0.39, 0.29) is 0 Å². The number of rotatable bonds is 4. The van der Waals surface area contributed by atoms with E-state index in [9.17, 15) is 4.79 Å². The van der Waals surface area contributed by atoms with Crippen LogP contribution in [0.5, 0.6) is 0 Å². The molecule has 75 valence electrons. The van der Waals surface area contributed by atoms with Crippen molar-refractivity contribution in [3.8, 4) is 0 Å².